The minimum Gasteiger partial charge on any atom is -0.478 e. The molecule has 4 bridgehead atoms. The second-order valence-corrected chi connectivity index (χ2v) is 8.90. The largest absolute Gasteiger partial charge is 0.478 e. The molecule has 4 atom stereocenters. The molecule has 130 valence electrons. The van der Waals surface area contributed by atoms with E-state index in [2.05, 4.69) is 34.7 Å². The Morgan fingerprint density at radius 1 is 1.12 bits per heavy atom. The first-order chi connectivity index (χ1) is 11.4. The van der Waals surface area contributed by atoms with Crippen molar-refractivity contribution in [3.05, 3.63) is 12.4 Å². The maximum atomic E-state index is 13.1. The number of carbonyl (C=O) groups excluding carboxylic acids is 1. The van der Waals surface area contributed by atoms with Gasteiger partial charge in [-0.3, -0.25) is 15.6 Å². The molecule has 4 aliphatic carbocycles. The van der Waals surface area contributed by atoms with Crippen molar-refractivity contribution < 1.29 is 9.53 Å². The topological polar surface area (TPSA) is 76.1 Å². The molecule has 2 N–H and O–H groups in total. The van der Waals surface area contributed by atoms with Crippen LogP contribution in [0.2, 0.25) is 0 Å². The van der Waals surface area contributed by atoms with E-state index >= 15 is 0 Å². The molecule has 1 amide bonds. The molecule has 0 spiro atoms. The van der Waals surface area contributed by atoms with Gasteiger partial charge in [-0.25, -0.2) is 9.97 Å². The van der Waals surface area contributed by atoms with E-state index in [1.807, 2.05) is 0 Å². The first-order valence-electron chi connectivity index (χ1n) is 8.77. The quantitative estimate of drug-likeness (QED) is 0.830. The molecule has 4 saturated carbocycles. The van der Waals surface area contributed by atoms with Crippen LogP contribution in [0.25, 0.3) is 0 Å². The second kappa shape index (κ2) is 5.07. The lowest BCUT2D eigenvalue weighted by Gasteiger charge is -2.64. The van der Waals surface area contributed by atoms with Crippen LogP contribution in [-0.4, -0.2) is 23.0 Å². The third kappa shape index (κ3) is 2.43. The molecule has 0 aromatic carbocycles. The van der Waals surface area contributed by atoms with E-state index in [-0.39, 0.29) is 11.3 Å². The smallest absolute Gasteiger partial charge is 0.258 e. The summed E-state index contributed by atoms with van der Waals surface area (Å²) in [4.78, 5) is 21.4. The highest BCUT2D eigenvalue weighted by atomic mass is 16.5. The highest BCUT2D eigenvalue weighted by Gasteiger charge is 2.62. The first-order valence-corrected chi connectivity index (χ1v) is 8.77. The third-order valence-corrected chi connectivity index (χ3v) is 6.26. The van der Waals surface area contributed by atoms with Crippen molar-refractivity contribution in [3.8, 4) is 5.88 Å². The van der Waals surface area contributed by atoms with Crippen molar-refractivity contribution in [3.63, 3.8) is 0 Å². The summed E-state index contributed by atoms with van der Waals surface area (Å²) in [6.45, 7) is 4.74. The fourth-order valence-electron chi connectivity index (χ4n) is 6.51. The minimum absolute atomic E-state index is 0.0942. The van der Waals surface area contributed by atoms with E-state index in [1.54, 1.807) is 12.4 Å². The summed E-state index contributed by atoms with van der Waals surface area (Å²) >= 11 is 0. The van der Waals surface area contributed by atoms with Gasteiger partial charge in [-0.1, -0.05) is 13.8 Å². The molecule has 2 unspecified atom stereocenters. The van der Waals surface area contributed by atoms with E-state index in [1.165, 1.54) is 26.4 Å². The number of rotatable bonds is 4. The van der Waals surface area contributed by atoms with Gasteiger partial charge in [0, 0.05) is 12.4 Å². The van der Waals surface area contributed by atoms with Crippen LogP contribution >= 0.6 is 0 Å². The van der Waals surface area contributed by atoms with Crippen molar-refractivity contribution in [2.45, 2.75) is 52.4 Å². The minimum atomic E-state index is -0.245. The molecule has 1 aromatic rings. The standard InChI is InChI=1S/C18H26N4O2/c1-16-6-12-7-17(2,9-16)11-18(8-12,10-16)15(23)22-21-13-14(24-3)20-5-4-19-13/h4-5,12H,6-11H2,1-3H3,(H,19,21)(H,22,23)/t12?,16-,17+,18?. The Labute approximate surface area is 142 Å². The molecular formula is C18H26N4O2. The number of methoxy groups -OCH3 is 1. The Hall–Kier alpha value is -1.85. The summed E-state index contributed by atoms with van der Waals surface area (Å²) in [6, 6.07) is 0. The van der Waals surface area contributed by atoms with Gasteiger partial charge in [0.25, 0.3) is 5.88 Å². The molecule has 6 nitrogen and oxygen atoms in total. The van der Waals surface area contributed by atoms with E-state index in [9.17, 15) is 4.79 Å². The molecule has 0 radical (unpaired) electrons. The molecule has 5 rings (SSSR count). The molecule has 24 heavy (non-hydrogen) atoms. The molecule has 4 fully saturated rings. The number of nitrogens with zero attached hydrogens (tertiary/aromatic N) is 2. The zero-order chi connectivity index (χ0) is 17.0. The van der Waals surface area contributed by atoms with Gasteiger partial charge in [0.15, 0.2) is 0 Å². The van der Waals surface area contributed by atoms with Gasteiger partial charge < -0.3 is 4.74 Å². The maximum Gasteiger partial charge on any atom is 0.258 e. The van der Waals surface area contributed by atoms with E-state index in [0.29, 0.717) is 28.4 Å². The molecular weight excluding hydrogens is 304 g/mol. The third-order valence-electron chi connectivity index (χ3n) is 6.26. The molecule has 0 saturated heterocycles. The first kappa shape index (κ1) is 15.7. The monoisotopic (exact) mass is 330 g/mol. The predicted octanol–water partition coefficient (Wildman–Crippen LogP) is 2.92. The summed E-state index contributed by atoms with van der Waals surface area (Å²) in [5, 5.41) is 0. The van der Waals surface area contributed by atoms with Crippen LogP contribution in [0.4, 0.5) is 5.82 Å². The summed E-state index contributed by atoms with van der Waals surface area (Å²) in [5.74, 6) is 1.60. The number of amides is 1. The second-order valence-electron chi connectivity index (χ2n) is 8.90. The van der Waals surface area contributed by atoms with E-state index in [4.69, 9.17) is 4.74 Å². The average Bonchev–Trinajstić information content (AvgIpc) is 2.49. The van der Waals surface area contributed by atoms with Gasteiger partial charge in [-0.2, -0.15) is 0 Å². The van der Waals surface area contributed by atoms with Crippen LogP contribution in [-0.2, 0) is 4.79 Å². The van der Waals surface area contributed by atoms with Crippen LogP contribution in [0.5, 0.6) is 5.88 Å². The maximum absolute atomic E-state index is 13.1. The van der Waals surface area contributed by atoms with Crippen molar-refractivity contribution in [2.75, 3.05) is 12.5 Å². The Balaban J connectivity index is 1.52. The van der Waals surface area contributed by atoms with Crippen molar-refractivity contribution in [1.82, 2.24) is 15.4 Å². The lowest BCUT2D eigenvalue weighted by atomic mass is 9.40. The van der Waals surface area contributed by atoms with Crippen molar-refractivity contribution >= 4 is 11.7 Å². The SMILES string of the molecule is COc1nccnc1NNC(=O)C12CC3C[C@@](C)(C1)C[C@](C)(C3)C2. The summed E-state index contributed by atoms with van der Waals surface area (Å²) in [7, 11) is 1.54. The number of carbonyl (C=O) groups is 1. The highest BCUT2D eigenvalue weighted by molar-refractivity contribution is 5.84. The highest BCUT2D eigenvalue weighted by Crippen LogP contribution is 2.69. The molecule has 1 heterocycles. The lowest BCUT2D eigenvalue weighted by molar-refractivity contribution is -0.169. The van der Waals surface area contributed by atoms with Gasteiger partial charge in [0.1, 0.15) is 0 Å². The van der Waals surface area contributed by atoms with Crippen LogP contribution in [0, 0.1) is 22.2 Å². The van der Waals surface area contributed by atoms with Crippen LogP contribution in [0.1, 0.15) is 52.4 Å². The zero-order valence-electron chi connectivity index (χ0n) is 14.7. The van der Waals surface area contributed by atoms with Gasteiger partial charge >= 0.3 is 0 Å². The van der Waals surface area contributed by atoms with Gasteiger partial charge in [-0.15, -0.1) is 0 Å². The number of ether oxygens (including phenoxy) is 1. The van der Waals surface area contributed by atoms with Crippen LogP contribution in [0.15, 0.2) is 12.4 Å². The van der Waals surface area contributed by atoms with Gasteiger partial charge in [-0.05, 0) is 55.3 Å². The normalized spacial score (nSPS) is 39.5. The number of aromatic nitrogens is 2. The number of nitrogens with one attached hydrogen (secondary N) is 2. The number of anilines is 1. The fourth-order valence-corrected chi connectivity index (χ4v) is 6.51. The predicted molar refractivity (Wildman–Crippen MR) is 90.2 cm³/mol. The number of hydrogen-bond donors (Lipinski definition) is 2. The summed E-state index contributed by atoms with van der Waals surface area (Å²) in [6.07, 6.45) is 9.97. The summed E-state index contributed by atoms with van der Waals surface area (Å²) < 4.78 is 5.17. The average molecular weight is 330 g/mol. The number of hydrogen-bond acceptors (Lipinski definition) is 5. The van der Waals surface area contributed by atoms with Crippen molar-refractivity contribution in [1.29, 1.82) is 0 Å². The Bertz CT molecular complexity index is 659. The zero-order valence-corrected chi connectivity index (χ0v) is 14.7. The van der Waals surface area contributed by atoms with E-state index < -0.39 is 0 Å². The molecule has 0 aliphatic heterocycles. The Kier molecular flexibility index (Phi) is 3.31. The molecule has 6 heteroatoms. The molecule has 1 aromatic heterocycles. The molecule has 4 aliphatic rings. The Morgan fingerprint density at radius 2 is 1.79 bits per heavy atom. The van der Waals surface area contributed by atoms with E-state index in [0.717, 1.165) is 19.3 Å². The number of hydrazine groups is 1. The van der Waals surface area contributed by atoms with Crippen LogP contribution < -0.4 is 15.6 Å². The van der Waals surface area contributed by atoms with Crippen molar-refractivity contribution in [2.24, 2.45) is 22.2 Å². The van der Waals surface area contributed by atoms with Gasteiger partial charge in [0.05, 0.1) is 12.5 Å². The van der Waals surface area contributed by atoms with Gasteiger partial charge in [0.2, 0.25) is 11.7 Å². The summed E-state index contributed by atoms with van der Waals surface area (Å²) in [5.41, 5.74) is 6.20. The lowest BCUT2D eigenvalue weighted by Crippen LogP contribution is -2.60. The fraction of sp³-hybridized carbons (Fsp3) is 0.722. The Morgan fingerprint density at radius 3 is 2.42 bits per heavy atom. The van der Waals surface area contributed by atoms with Crippen LogP contribution in [0.3, 0.4) is 0 Å².